The molecule has 8 nitrogen and oxygen atoms in total. The molecule has 0 aliphatic carbocycles. The van der Waals surface area contributed by atoms with E-state index in [9.17, 15) is 18.3 Å². The fourth-order valence-corrected chi connectivity index (χ4v) is 4.18. The highest BCUT2D eigenvalue weighted by Crippen LogP contribution is 2.36. The summed E-state index contributed by atoms with van der Waals surface area (Å²) in [6.07, 6.45) is -4.77. The number of ether oxygens (including phenoxy) is 2. The fraction of sp³-hybridized carbons (Fsp3) is 0.435. The summed E-state index contributed by atoms with van der Waals surface area (Å²) in [5.41, 5.74) is 1.17. The quantitative estimate of drug-likeness (QED) is 0.549. The zero-order valence-electron chi connectivity index (χ0n) is 19.2. The third kappa shape index (κ3) is 4.58. The van der Waals surface area contributed by atoms with E-state index in [0.717, 1.165) is 12.1 Å². The van der Waals surface area contributed by atoms with Crippen LogP contribution in [0.5, 0.6) is 5.88 Å². The zero-order chi connectivity index (χ0) is 24.6. The van der Waals surface area contributed by atoms with Gasteiger partial charge in [-0.05, 0) is 37.6 Å². The molecule has 4 rings (SSSR count). The van der Waals surface area contributed by atoms with E-state index in [2.05, 4.69) is 20.5 Å². The number of fused-ring (bicyclic) bond motifs is 1. The lowest BCUT2D eigenvalue weighted by Crippen LogP contribution is -2.27. The van der Waals surface area contributed by atoms with Gasteiger partial charge in [-0.15, -0.1) is 5.10 Å². The first-order chi connectivity index (χ1) is 16.1. The monoisotopic (exact) mass is 477 g/mol. The third-order valence-electron chi connectivity index (χ3n) is 6.11. The lowest BCUT2D eigenvalue weighted by molar-refractivity contribution is -0.137. The van der Waals surface area contributed by atoms with Gasteiger partial charge in [0, 0.05) is 32.7 Å². The number of hydrogen-bond acceptors (Lipinski definition) is 8. The molecular weight excluding hydrogens is 451 g/mol. The van der Waals surface area contributed by atoms with Gasteiger partial charge in [0.25, 0.3) is 0 Å². The van der Waals surface area contributed by atoms with E-state index in [0.29, 0.717) is 46.8 Å². The molecule has 34 heavy (non-hydrogen) atoms. The number of nitrogens with zero attached hydrogens (tertiary/aromatic N) is 4. The SMILES string of the molecule is CO[C@H]1CN(c2cc3c(N[C@H](C)c4cccc(C(F)(F)F)c4)nnc(C)c3nc2O)C[C@H]1OC. The van der Waals surface area contributed by atoms with Crippen LogP contribution in [0.1, 0.15) is 29.8 Å². The molecule has 2 N–H and O–H groups in total. The van der Waals surface area contributed by atoms with Gasteiger partial charge in [0.05, 0.1) is 17.3 Å². The van der Waals surface area contributed by atoms with Crippen molar-refractivity contribution in [2.45, 2.75) is 38.3 Å². The summed E-state index contributed by atoms with van der Waals surface area (Å²) in [5.74, 6) is 0.192. The van der Waals surface area contributed by atoms with Crippen LogP contribution in [0.15, 0.2) is 30.3 Å². The molecule has 2 aromatic heterocycles. The molecular formula is C23H26F3N5O3. The van der Waals surface area contributed by atoms with Crippen molar-refractivity contribution in [2.75, 3.05) is 37.5 Å². The molecule has 182 valence electrons. The molecule has 1 saturated heterocycles. The minimum absolute atomic E-state index is 0.160. The maximum Gasteiger partial charge on any atom is 0.416 e. The number of benzene rings is 1. The highest BCUT2D eigenvalue weighted by molar-refractivity contribution is 5.93. The van der Waals surface area contributed by atoms with Crippen LogP contribution in [0, 0.1) is 6.92 Å². The Kier molecular flexibility index (Phi) is 6.50. The van der Waals surface area contributed by atoms with Crippen LogP contribution in [-0.2, 0) is 15.7 Å². The number of aryl methyl sites for hydroxylation is 1. The number of hydrogen-bond donors (Lipinski definition) is 2. The molecule has 0 saturated carbocycles. The summed E-state index contributed by atoms with van der Waals surface area (Å²) >= 11 is 0. The molecule has 1 aromatic carbocycles. The molecule has 1 aliphatic rings. The summed E-state index contributed by atoms with van der Waals surface area (Å²) in [4.78, 5) is 6.27. The van der Waals surface area contributed by atoms with Crippen molar-refractivity contribution in [3.63, 3.8) is 0 Å². The standard InChI is InChI=1S/C23H26F3N5O3/c1-12(14-6-5-7-15(8-14)23(24,25)26)27-21-16-9-17(22(32)28-20(16)13(2)29-30-21)31-10-18(33-3)19(11-31)34-4/h5-9,12,18-19H,10-11H2,1-4H3,(H,27,30)(H,28,32)/t12-,18-,19+/m1/s1. The normalized spacial score (nSPS) is 19.6. The van der Waals surface area contributed by atoms with Gasteiger partial charge < -0.3 is 24.8 Å². The van der Waals surface area contributed by atoms with Crippen molar-refractivity contribution < 1.29 is 27.8 Å². The van der Waals surface area contributed by atoms with Crippen molar-refractivity contribution in [1.82, 2.24) is 15.2 Å². The average Bonchev–Trinajstić information content (AvgIpc) is 3.23. The number of anilines is 2. The number of rotatable bonds is 6. The number of pyridine rings is 1. The van der Waals surface area contributed by atoms with Gasteiger partial charge in [-0.1, -0.05) is 12.1 Å². The number of alkyl halides is 3. The van der Waals surface area contributed by atoms with E-state index in [4.69, 9.17) is 9.47 Å². The van der Waals surface area contributed by atoms with Crippen molar-refractivity contribution in [3.05, 3.63) is 47.2 Å². The molecule has 0 radical (unpaired) electrons. The number of aromatic hydroxyl groups is 1. The van der Waals surface area contributed by atoms with Crippen molar-refractivity contribution >= 4 is 22.4 Å². The van der Waals surface area contributed by atoms with Crippen molar-refractivity contribution in [3.8, 4) is 5.88 Å². The van der Waals surface area contributed by atoms with Gasteiger partial charge in [0.2, 0.25) is 5.88 Å². The molecule has 3 aromatic rings. The fourth-order valence-electron chi connectivity index (χ4n) is 4.18. The molecule has 1 aliphatic heterocycles. The Hall–Kier alpha value is -3.18. The van der Waals surface area contributed by atoms with E-state index < -0.39 is 17.8 Å². The van der Waals surface area contributed by atoms with Crippen LogP contribution in [0.3, 0.4) is 0 Å². The molecule has 0 amide bonds. The number of methoxy groups -OCH3 is 2. The lowest BCUT2D eigenvalue weighted by atomic mass is 10.0. The van der Waals surface area contributed by atoms with Crippen LogP contribution in [-0.4, -0.2) is 59.8 Å². The Morgan fingerprint density at radius 2 is 1.79 bits per heavy atom. The maximum absolute atomic E-state index is 13.2. The highest BCUT2D eigenvalue weighted by Gasteiger charge is 2.35. The number of nitrogens with one attached hydrogen (secondary N) is 1. The Morgan fingerprint density at radius 1 is 1.12 bits per heavy atom. The Morgan fingerprint density at radius 3 is 2.41 bits per heavy atom. The smallest absolute Gasteiger partial charge is 0.416 e. The molecule has 3 heterocycles. The van der Waals surface area contributed by atoms with Crippen molar-refractivity contribution in [2.24, 2.45) is 0 Å². The lowest BCUT2D eigenvalue weighted by Gasteiger charge is -2.21. The second kappa shape index (κ2) is 9.22. The summed E-state index contributed by atoms with van der Waals surface area (Å²) in [6.45, 7) is 4.46. The summed E-state index contributed by atoms with van der Waals surface area (Å²) in [6, 6.07) is 6.39. The van der Waals surface area contributed by atoms with Gasteiger partial charge >= 0.3 is 6.18 Å². The van der Waals surface area contributed by atoms with E-state index in [1.54, 1.807) is 40.2 Å². The maximum atomic E-state index is 13.2. The zero-order valence-corrected chi connectivity index (χ0v) is 19.2. The second-order valence-corrected chi connectivity index (χ2v) is 8.30. The first kappa shape index (κ1) is 24.0. The van der Waals surface area contributed by atoms with E-state index in [-0.39, 0.29) is 18.1 Å². The third-order valence-corrected chi connectivity index (χ3v) is 6.11. The van der Waals surface area contributed by atoms with E-state index in [1.807, 2.05) is 4.90 Å². The Bertz CT molecular complexity index is 1180. The largest absolute Gasteiger partial charge is 0.492 e. The van der Waals surface area contributed by atoms with Crippen molar-refractivity contribution in [1.29, 1.82) is 0 Å². The van der Waals surface area contributed by atoms with Gasteiger partial charge in [-0.3, -0.25) is 0 Å². The number of halogens is 3. The molecule has 0 bridgehead atoms. The molecule has 11 heteroatoms. The molecule has 1 fully saturated rings. The van der Waals surface area contributed by atoms with Gasteiger partial charge in [0.1, 0.15) is 23.4 Å². The Balaban J connectivity index is 1.70. The minimum Gasteiger partial charge on any atom is -0.492 e. The van der Waals surface area contributed by atoms with Gasteiger partial charge in [0.15, 0.2) is 5.82 Å². The van der Waals surface area contributed by atoms with E-state index >= 15 is 0 Å². The molecule has 0 spiro atoms. The minimum atomic E-state index is -4.43. The summed E-state index contributed by atoms with van der Waals surface area (Å²) < 4.78 is 50.4. The average molecular weight is 477 g/mol. The van der Waals surface area contributed by atoms with Gasteiger partial charge in [-0.25, -0.2) is 4.98 Å². The van der Waals surface area contributed by atoms with Crippen LogP contribution in [0.4, 0.5) is 24.7 Å². The summed E-state index contributed by atoms with van der Waals surface area (Å²) in [5, 5.41) is 22.7. The second-order valence-electron chi connectivity index (χ2n) is 8.30. The van der Waals surface area contributed by atoms with Crippen LogP contribution >= 0.6 is 0 Å². The van der Waals surface area contributed by atoms with Gasteiger partial charge in [-0.2, -0.15) is 18.3 Å². The molecule has 3 atom stereocenters. The highest BCUT2D eigenvalue weighted by atomic mass is 19.4. The predicted molar refractivity (Wildman–Crippen MR) is 121 cm³/mol. The first-order valence-electron chi connectivity index (χ1n) is 10.7. The molecule has 0 unspecified atom stereocenters. The van der Waals surface area contributed by atoms with Crippen LogP contribution < -0.4 is 10.2 Å². The first-order valence-corrected chi connectivity index (χ1v) is 10.7. The Labute approximate surface area is 194 Å². The van der Waals surface area contributed by atoms with Crippen LogP contribution in [0.25, 0.3) is 10.9 Å². The van der Waals surface area contributed by atoms with E-state index in [1.165, 1.54) is 6.07 Å². The summed E-state index contributed by atoms with van der Waals surface area (Å²) in [7, 11) is 3.21. The van der Waals surface area contributed by atoms with Crippen LogP contribution in [0.2, 0.25) is 0 Å². The predicted octanol–water partition coefficient (Wildman–Crippen LogP) is 4.08. The number of aromatic nitrogens is 3. The topological polar surface area (TPSA) is 92.6 Å².